The number of H-pyrrole nitrogens is 1. The first-order valence-corrected chi connectivity index (χ1v) is 7.20. The molecule has 22 heavy (non-hydrogen) atoms. The third-order valence-electron chi connectivity index (χ3n) is 3.74. The Morgan fingerprint density at radius 3 is 2.64 bits per heavy atom. The van der Waals surface area contributed by atoms with Crippen LogP contribution in [0.1, 0.15) is 29.0 Å². The van der Waals surface area contributed by atoms with Crippen molar-refractivity contribution in [2.75, 3.05) is 7.11 Å². The van der Waals surface area contributed by atoms with E-state index in [2.05, 4.69) is 10.3 Å². The summed E-state index contributed by atoms with van der Waals surface area (Å²) in [4.78, 5) is 15.5. The van der Waals surface area contributed by atoms with Gasteiger partial charge in [0.2, 0.25) is 0 Å². The second-order valence-corrected chi connectivity index (χ2v) is 5.21. The number of carbonyl (C=O) groups is 1. The first kappa shape index (κ1) is 14.2. The van der Waals surface area contributed by atoms with Crippen molar-refractivity contribution in [3.8, 4) is 5.75 Å². The molecule has 0 aliphatic heterocycles. The molecule has 1 aromatic heterocycles. The summed E-state index contributed by atoms with van der Waals surface area (Å²) in [6.07, 6.45) is 0. The summed E-state index contributed by atoms with van der Waals surface area (Å²) in [5, 5.41) is 3.91. The summed E-state index contributed by atoms with van der Waals surface area (Å²) in [5.74, 6) is 0.624. The van der Waals surface area contributed by atoms with Gasteiger partial charge >= 0.3 is 0 Å². The van der Waals surface area contributed by atoms with Crippen molar-refractivity contribution in [2.24, 2.45) is 0 Å². The van der Waals surface area contributed by atoms with Crippen molar-refractivity contribution < 1.29 is 9.53 Å². The zero-order valence-corrected chi connectivity index (χ0v) is 12.6. The van der Waals surface area contributed by atoms with Gasteiger partial charge in [-0.3, -0.25) is 4.79 Å². The van der Waals surface area contributed by atoms with Crippen LogP contribution in [0.4, 0.5) is 0 Å². The molecule has 0 unspecified atom stereocenters. The van der Waals surface area contributed by atoms with Gasteiger partial charge in [-0.2, -0.15) is 0 Å². The SMILES string of the molecule is COc1cccc2[nH]c(C(=O)N[C@@H](C)c3ccccc3)cc12. The molecule has 4 nitrogen and oxygen atoms in total. The highest BCUT2D eigenvalue weighted by Gasteiger charge is 2.14. The maximum atomic E-state index is 12.4. The molecule has 1 atom stereocenters. The van der Waals surface area contributed by atoms with Gasteiger partial charge in [-0.05, 0) is 30.7 Å². The number of carbonyl (C=O) groups excluding carboxylic acids is 1. The predicted octanol–water partition coefficient (Wildman–Crippen LogP) is 3.67. The Balaban J connectivity index is 1.83. The fourth-order valence-corrected chi connectivity index (χ4v) is 2.53. The Morgan fingerprint density at radius 2 is 1.91 bits per heavy atom. The van der Waals surface area contributed by atoms with Crippen molar-refractivity contribution in [3.05, 3.63) is 65.9 Å². The van der Waals surface area contributed by atoms with Gasteiger partial charge in [-0.15, -0.1) is 0 Å². The molecule has 0 saturated heterocycles. The van der Waals surface area contributed by atoms with Crippen LogP contribution in [0.25, 0.3) is 10.9 Å². The maximum Gasteiger partial charge on any atom is 0.268 e. The average molecular weight is 294 g/mol. The summed E-state index contributed by atoms with van der Waals surface area (Å²) in [7, 11) is 1.62. The molecule has 2 aromatic carbocycles. The maximum absolute atomic E-state index is 12.4. The lowest BCUT2D eigenvalue weighted by Crippen LogP contribution is -2.26. The van der Waals surface area contributed by atoms with E-state index in [1.54, 1.807) is 7.11 Å². The number of benzene rings is 2. The van der Waals surface area contributed by atoms with E-state index in [1.807, 2.05) is 61.5 Å². The summed E-state index contributed by atoms with van der Waals surface area (Å²) < 4.78 is 5.32. The van der Waals surface area contributed by atoms with Crippen molar-refractivity contribution in [1.82, 2.24) is 10.3 Å². The van der Waals surface area contributed by atoms with Gasteiger partial charge in [0.05, 0.1) is 13.2 Å². The van der Waals surface area contributed by atoms with Crippen LogP contribution >= 0.6 is 0 Å². The van der Waals surface area contributed by atoms with Crippen LogP contribution in [-0.2, 0) is 0 Å². The minimum Gasteiger partial charge on any atom is -0.496 e. The quantitative estimate of drug-likeness (QED) is 0.771. The second kappa shape index (κ2) is 5.93. The third-order valence-corrected chi connectivity index (χ3v) is 3.74. The molecule has 0 fully saturated rings. The number of hydrogen-bond donors (Lipinski definition) is 2. The van der Waals surface area contributed by atoms with E-state index < -0.39 is 0 Å². The van der Waals surface area contributed by atoms with Crippen LogP contribution in [0.5, 0.6) is 5.75 Å². The number of aromatic amines is 1. The van der Waals surface area contributed by atoms with Crippen molar-refractivity contribution in [1.29, 1.82) is 0 Å². The standard InChI is InChI=1S/C18H18N2O2/c1-12(13-7-4-3-5-8-13)19-18(21)16-11-14-15(20-16)9-6-10-17(14)22-2/h3-12,20H,1-2H3,(H,19,21)/t12-/m0/s1. The fraction of sp³-hybridized carbons (Fsp3) is 0.167. The molecule has 2 N–H and O–H groups in total. The molecule has 0 radical (unpaired) electrons. The molecule has 112 valence electrons. The van der Waals surface area contributed by atoms with Crippen LogP contribution in [0.2, 0.25) is 0 Å². The summed E-state index contributed by atoms with van der Waals surface area (Å²) in [6.45, 7) is 1.97. The Kier molecular flexibility index (Phi) is 3.83. The Morgan fingerprint density at radius 1 is 1.14 bits per heavy atom. The highest BCUT2D eigenvalue weighted by molar-refractivity contribution is 5.99. The van der Waals surface area contributed by atoms with Crippen molar-refractivity contribution in [3.63, 3.8) is 0 Å². The number of fused-ring (bicyclic) bond motifs is 1. The third kappa shape index (κ3) is 2.68. The molecule has 1 amide bonds. The van der Waals surface area contributed by atoms with Crippen LogP contribution in [0.15, 0.2) is 54.6 Å². The molecular formula is C18H18N2O2. The first-order valence-electron chi connectivity index (χ1n) is 7.20. The molecule has 0 spiro atoms. The van der Waals surface area contributed by atoms with E-state index in [0.29, 0.717) is 5.69 Å². The molecule has 0 saturated carbocycles. The zero-order chi connectivity index (χ0) is 15.5. The normalized spacial score (nSPS) is 12.1. The molecule has 4 heteroatoms. The van der Waals surface area contributed by atoms with Gasteiger partial charge in [0.1, 0.15) is 11.4 Å². The molecular weight excluding hydrogens is 276 g/mol. The number of amides is 1. The van der Waals surface area contributed by atoms with Gasteiger partial charge < -0.3 is 15.0 Å². The van der Waals surface area contributed by atoms with E-state index in [0.717, 1.165) is 22.2 Å². The van der Waals surface area contributed by atoms with Gasteiger partial charge in [0, 0.05) is 10.9 Å². The number of ether oxygens (including phenoxy) is 1. The Hall–Kier alpha value is -2.75. The number of methoxy groups -OCH3 is 1. The van der Waals surface area contributed by atoms with Gasteiger partial charge in [-0.1, -0.05) is 36.4 Å². The van der Waals surface area contributed by atoms with Gasteiger partial charge in [-0.25, -0.2) is 0 Å². The lowest BCUT2D eigenvalue weighted by atomic mass is 10.1. The van der Waals surface area contributed by atoms with Crippen LogP contribution in [0.3, 0.4) is 0 Å². The molecule has 3 aromatic rings. The predicted molar refractivity (Wildman–Crippen MR) is 87.2 cm³/mol. The molecule has 0 aliphatic rings. The highest BCUT2D eigenvalue weighted by atomic mass is 16.5. The van der Waals surface area contributed by atoms with Crippen molar-refractivity contribution in [2.45, 2.75) is 13.0 Å². The largest absolute Gasteiger partial charge is 0.496 e. The Labute approximate surface area is 129 Å². The van der Waals surface area contributed by atoms with Gasteiger partial charge in [0.15, 0.2) is 0 Å². The van der Waals surface area contributed by atoms with E-state index in [4.69, 9.17) is 4.74 Å². The number of aromatic nitrogens is 1. The average Bonchev–Trinajstić information content (AvgIpc) is 2.99. The monoisotopic (exact) mass is 294 g/mol. The number of nitrogens with one attached hydrogen (secondary N) is 2. The topological polar surface area (TPSA) is 54.1 Å². The smallest absolute Gasteiger partial charge is 0.268 e. The number of hydrogen-bond acceptors (Lipinski definition) is 2. The molecule has 0 aliphatic carbocycles. The van der Waals surface area contributed by atoms with E-state index in [1.165, 1.54) is 0 Å². The fourth-order valence-electron chi connectivity index (χ4n) is 2.53. The second-order valence-electron chi connectivity index (χ2n) is 5.21. The lowest BCUT2D eigenvalue weighted by molar-refractivity contribution is 0.0935. The van der Waals surface area contributed by atoms with E-state index >= 15 is 0 Å². The van der Waals surface area contributed by atoms with Crippen LogP contribution in [0, 0.1) is 0 Å². The first-order chi connectivity index (χ1) is 10.7. The van der Waals surface area contributed by atoms with Crippen LogP contribution < -0.4 is 10.1 Å². The minimum atomic E-state index is -0.130. The van der Waals surface area contributed by atoms with Crippen molar-refractivity contribution >= 4 is 16.8 Å². The summed E-state index contributed by atoms with van der Waals surface area (Å²) in [6, 6.07) is 17.4. The highest BCUT2D eigenvalue weighted by Crippen LogP contribution is 2.26. The van der Waals surface area contributed by atoms with Gasteiger partial charge in [0.25, 0.3) is 5.91 Å². The summed E-state index contributed by atoms with van der Waals surface area (Å²) in [5.41, 5.74) is 2.49. The Bertz CT molecular complexity index is 793. The van der Waals surface area contributed by atoms with E-state index in [-0.39, 0.29) is 11.9 Å². The number of rotatable bonds is 4. The summed E-state index contributed by atoms with van der Waals surface area (Å²) >= 11 is 0. The zero-order valence-electron chi connectivity index (χ0n) is 12.6. The van der Waals surface area contributed by atoms with E-state index in [9.17, 15) is 4.79 Å². The van der Waals surface area contributed by atoms with Crippen LogP contribution in [-0.4, -0.2) is 18.0 Å². The molecule has 1 heterocycles. The lowest BCUT2D eigenvalue weighted by Gasteiger charge is -2.13. The minimum absolute atomic E-state index is 0.0537. The molecule has 3 rings (SSSR count). The molecule has 0 bridgehead atoms.